The number of nitrogens with zero attached hydrogens (tertiary/aromatic N) is 2. The summed E-state index contributed by atoms with van der Waals surface area (Å²) in [6.07, 6.45) is 0. The molecule has 0 atom stereocenters. The summed E-state index contributed by atoms with van der Waals surface area (Å²) < 4.78 is 0. The Morgan fingerprint density at radius 2 is 1.89 bits per heavy atom. The highest BCUT2D eigenvalue weighted by atomic mass is 16.4. The Morgan fingerprint density at radius 3 is 2.44 bits per heavy atom. The number of nitrogens with one attached hydrogen (secondary N) is 1. The first-order valence-electron chi connectivity index (χ1n) is 5.47. The van der Waals surface area contributed by atoms with Gasteiger partial charge in [0.2, 0.25) is 0 Å². The Balaban J connectivity index is 2.18. The number of hydrogen-bond donors (Lipinski definition) is 2. The van der Waals surface area contributed by atoms with Crippen LogP contribution in [-0.2, 0) is 0 Å². The molecule has 0 aliphatic rings. The maximum absolute atomic E-state index is 10.6. The molecule has 1 aromatic heterocycles. The van der Waals surface area contributed by atoms with Crippen molar-refractivity contribution in [2.24, 2.45) is 0 Å². The number of aryl methyl sites for hydroxylation is 2. The quantitative estimate of drug-likeness (QED) is 0.866. The molecule has 0 spiro atoms. The van der Waals surface area contributed by atoms with Crippen LogP contribution >= 0.6 is 0 Å². The number of rotatable bonds is 3. The van der Waals surface area contributed by atoms with Crippen molar-refractivity contribution in [3.05, 3.63) is 47.2 Å². The summed E-state index contributed by atoms with van der Waals surface area (Å²) in [5, 5.41) is 19.2. The molecule has 2 aromatic rings. The SMILES string of the molecule is Cc1ccc(Nc2ccc(C(=O)O)nn2)cc1C. The lowest BCUT2D eigenvalue weighted by Gasteiger charge is -2.07. The van der Waals surface area contributed by atoms with E-state index in [2.05, 4.69) is 15.5 Å². The maximum Gasteiger partial charge on any atom is 0.356 e. The van der Waals surface area contributed by atoms with Crippen molar-refractivity contribution < 1.29 is 9.90 Å². The van der Waals surface area contributed by atoms with Gasteiger partial charge in [0.15, 0.2) is 11.5 Å². The van der Waals surface area contributed by atoms with Gasteiger partial charge in [-0.2, -0.15) is 0 Å². The van der Waals surface area contributed by atoms with Crippen LogP contribution in [0.2, 0.25) is 0 Å². The van der Waals surface area contributed by atoms with Gasteiger partial charge in [0, 0.05) is 5.69 Å². The first-order chi connectivity index (χ1) is 8.56. The minimum Gasteiger partial charge on any atom is -0.476 e. The van der Waals surface area contributed by atoms with Crippen LogP contribution < -0.4 is 5.32 Å². The number of carboxylic acid groups (broad SMARTS) is 1. The number of benzene rings is 1. The van der Waals surface area contributed by atoms with Crippen molar-refractivity contribution in [3.63, 3.8) is 0 Å². The normalized spacial score (nSPS) is 10.1. The highest BCUT2D eigenvalue weighted by molar-refractivity contribution is 5.85. The third-order valence-electron chi connectivity index (χ3n) is 2.66. The van der Waals surface area contributed by atoms with E-state index in [1.807, 2.05) is 32.0 Å². The second kappa shape index (κ2) is 4.83. The standard InChI is InChI=1S/C13H13N3O2/c1-8-3-4-10(7-9(8)2)14-12-6-5-11(13(17)18)15-16-12/h3-7H,1-2H3,(H,14,16)(H,17,18). The summed E-state index contributed by atoms with van der Waals surface area (Å²) in [7, 11) is 0. The molecule has 92 valence electrons. The van der Waals surface area contributed by atoms with E-state index in [9.17, 15) is 4.79 Å². The zero-order chi connectivity index (χ0) is 13.1. The smallest absolute Gasteiger partial charge is 0.356 e. The molecular weight excluding hydrogens is 230 g/mol. The van der Waals surface area contributed by atoms with Crippen molar-refractivity contribution in [3.8, 4) is 0 Å². The zero-order valence-corrected chi connectivity index (χ0v) is 10.1. The predicted octanol–water partition coefficient (Wildman–Crippen LogP) is 2.54. The summed E-state index contributed by atoms with van der Waals surface area (Å²) in [6, 6.07) is 8.96. The topological polar surface area (TPSA) is 75.1 Å². The predicted molar refractivity (Wildman–Crippen MR) is 68.2 cm³/mol. The molecule has 1 heterocycles. The van der Waals surface area contributed by atoms with E-state index < -0.39 is 5.97 Å². The summed E-state index contributed by atoms with van der Waals surface area (Å²) >= 11 is 0. The van der Waals surface area contributed by atoms with Gasteiger partial charge in [0.25, 0.3) is 0 Å². The molecular formula is C13H13N3O2. The van der Waals surface area contributed by atoms with E-state index >= 15 is 0 Å². The first kappa shape index (κ1) is 12.0. The van der Waals surface area contributed by atoms with E-state index in [1.54, 1.807) is 6.07 Å². The molecule has 0 unspecified atom stereocenters. The van der Waals surface area contributed by atoms with Crippen LogP contribution in [0.3, 0.4) is 0 Å². The molecule has 5 heteroatoms. The van der Waals surface area contributed by atoms with E-state index in [0.29, 0.717) is 5.82 Å². The Kier molecular flexibility index (Phi) is 3.23. The molecule has 2 rings (SSSR count). The van der Waals surface area contributed by atoms with Crippen LogP contribution in [0.25, 0.3) is 0 Å². The summed E-state index contributed by atoms with van der Waals surface area (Å²) in [6.45, 7) is 4.07. The molecule has 0 saturated carbocycles. The molecule has 0 bridgehead atoms. The van der Waals surface area contributed by atoms with Gasteiger partial charge in [-0.1, -0.05) is 6.07 Å². The monoisotopic (exact) mass is 243 g/mol. The number of aromatic nitrogens is 2. The van der Waals surface area contributed by atoms with Gasteiger partial charge in [0.05, 0.1) is 0 Å². The van der Waals surface area contributed by atoms with Gasteiger partial charge >= 0.3 is 5.97 Å². The Labute approximate surface area is 104 Å². The van der Waals surface area contributed by atoms with E-state index in [4.69, 9.17) is 5.11 Å². The summed E-state index contributed by atoms with van der Waals surface area (Å²) in [4.78, 5) is 10.6. The number of aromatic carboxylic acids is 1. The van der Waals surface area contributed by atoms with Crippen LogP contribution in [0.4, 0.5) is 11.5 Å². The second-order valence-electron chi connectivity index (χ2n) is 4.03. The lowest BCUT2D eigenvalue weighted by Crippen LogP contribution is -2.03. The molecule has 5 nitrogen and oxygen atoms in total. The fourth-order valence-corrected chi connectivity index (χ4v) is 1.48. The highest BCUT2D eigenvalue weighted by Crippen LogP contribution is 2.17. The third-order valence-corrected chi connectivity index (χ3v) is 2.66. The largest absolute Gasteiger partial charge is 0.476 e. The Hall–Kier alpha value is -2.43. The van der Waals surface area contributed by atoms with E-state index in [0.717, 1.165) is 5.69 Å². The number of carboxylic acids is 1. The number of carbonyl (C=O) groups is 1. The molecule has 0 aliphatic heterocycles. The van der Waals surface area contributed by atoms with Gasteiger partial charge in [0.1, 0.15) is 0 Å². The number of hydrogen-bond acceptors (Lipinski definition) is 4. The zero-order valence-electron chi connectivity index (χ0n) is 10.1. The van der Waals surface area contributed by atoms with E-state index in [-0.39, 0.29) is 5.69 Å². The van der Waals surface area contributed by atoms with Crippen LogP contribution in [0, 0.1) is 13.8 Å². The minimum absolute atomic E-state index is 0.0689. The van der Waals surface area contributed by atoms with Gasteiger partial charge in [-0.25, -0.2) is 4.79 Å². The molecule has 0 aliphatic carbocycles. The molecule has 0 radical (unpaired) electrons. The van der Waals surface area contributed by atoms with Crippen molar-refractivity contribution >= 4 is 17.5 Å². The first-order valence-corrected chi connectivity index (χ1v) is 5.47. The van der Waals surface area contributed by atoms with Gasteiger partial charge in [-0.3, -0.25) is 0 Å². The Bertz CT molecular complexity index is 579. The van der Waals surface area contributed by atoms with Crippen molar-refractivity contribution in [1.29, 1.82) is 0 Å². The molecule has 1 aromatic carbocycles. The highest BCUT2D eigenvalue weighted by Gasteiger charge is 2.05. The van der Waals surface area contributed by atoms with Gasteiger partial charge in [-0.05, 0) is 49.2 Å². The van der Waals surface area contributed by atoms with Crippen LogP contribution in [0.15, 0.2) is 30.3 Å². The van der Waals surface area contributed by atoms with Crippen molar-refractivity contribution in [2.75, 3.05) is 5.32 Å². The van der Waals surface area contributed by atoms with Gasteiger partial charge < -0.3 is 10.4 Å². The third kappa shape index (κ3) is 2.63. The summed E-state index contributed by atoms with van der Waals surface area (Å²) in [5.74, 6) is -0.566. The lowest BCUT2D eigenvalue weighted by molar-refractivity contribution is 0.0689. The van der Waals surface area contributed by atoms with Gasteiger partial charge in [-0.15, -0.1) is 10.2 Å². The fourth-order valence-electron chi connectivity index (χ4n) is 1.48. The minimum atomic E-state index is -1.08. The molecule has 0 amide bonds. The second-order valence-corrected chi connectivity index (χ2v) is 4.03. The molecule has 0 fully saturated rings. The van der Waals surface area contributed by atoms with Crippen LogP contribution in [0.5, 0.6) is 0 Å². The van der Waals surface area contributed by atoms with Crippen molar-refractivity contribution in [2.45, 2.75) is 13.8 Å². The van der Waals surface area contributed by atoms with Crippen molar-refractivity contribution in [1.82, 2.24) is 10.2 Å². The Morgan fingerprint density at radius 1 is 1.11 bits per heavy atom. The van der Waals surface area contributed by atoms with Crippen LogP contribution in [-0.4, -0.2) is 21.3 Å². The average molecular weight is 243 g/mol. The van der Waals surface area contributed by atoms with Crippen LogP contribution in [0.1, 0.15) is 21.6 Å². The molecule has 0 saturated heterocycles. The summed E-state index contributed by atoms with van der Waals surface area (Å²) in [5.41, 5.74) is 3.22. The average Bonchev–Trinajstić information content (AvgIpc) is 2.34. The molecule has 18 heavy (non-hydrogen) atoms. The molecule has 2 N–H and O–H groups in total. The number of anilines is 2. The van der Waals surface area contributed by atoms with E-state index in [1.165, 1.54) is 17.2 Å². The lowest BCUT2D eigenvalue weighted by atomic mass is 10.1. The fraction of sp³-hybridized carbons (Fsp3) is 0.154. The maximum atomic E-state index is 10.6.